The van der Waals surface area contributed by atoms with Gasteiger partial charge < -0.3 is 10.6 Å². The number of hydrogen-bond acceptors (Lipinski definition) is 3. The van der Waals surface area contributed by atoms with E-state index in [1.54, 1.807) is 19.1 Å². The van der Waals surface area contributed by atoms with Crippen LogP contribution in [0.2, 0.25) is 0 Å². The average molecular weight is 368 g/mol. The number of guanidine groups is 1. The van der Waals surface area contributed by atoms with Crippen molar-refractivity contribution >= 4 is 11.6 Å². The summed E-state index contributed by atoms with van der Waals surface area (Å²) in [5.74, 6) is 1.38. The van der Waals surface area contributed by atoms with Crippen molar-refractivity contribution in [2.45, 2.75) is 33.2 Å². The number of nitrogens with one attached hydrogen (secondary N) is 2. The van der Waals surface area contributed by atoms with E-state index in [2.05, 4.69) is 25.8 Å². The fourth-order valence-corrected chi connectivity index (χ4v) is 2.82. The van der Waals surface area contributed by atoms with Crippen LogP contribution in [0.15, 0.2) is 47.6 Å². The molecule has 2 N–H and O–H groups in total. The van der Waals surface area contributed by atoms with Gasteiger partial charge in [-0.1, -0.05) is 18.2 Å². The van der Waals surface area contributed by atoms with Crippen molar-refractivity contribution in [3.63, 3.8) is 0 Å². The highest BCUT2D eigenvalue weighted by Gasteiger charge is 2.10. The molecule has 27 heavy (non-hydrogen) atoms. The van der Waals surface area contributed by atoms with Crippen LogP contribution in [0.3, 0.4) is 0 Å². The SMILES string of the molecule is CCNC(=NCCc1nnc2ccccn12)NC(C)c1ccc(C)c(F)c1. The van der Waals surface area contributed by atoms with Gasteiger partial charge in [-0.3, -0.25) is 9.39 Å². The van der Waals surface area contributed by atoms with Gasteiger partial charge in [-0.05, 0) is 50.1 Å². The third-order valence-corrected chi connectivity index (χ3v) is 4.38. The molecule has 0 saturated heterocycles. The standard InChI is InChI=1S/C20H25FN6/c1-4-22-20(24-15(3)16-9-8-14(2)17(21)13-16)23-11-10-19-26-25-18-7-5-6-12-27(18)19/h5-9,12-13,15H,4,10-11H2,1-3H3,(H2,22,23,24). The van der Waals surface area contributed by atoms with Gasteiger partial charge >= 0.3 is 0 Å². The number of pyridine rings is 1. The maximum atomic E-state index is 13.8. The van der Waals surface area contributed by atoms with Crippen LogP contribution in [-0.4, -0.2) is 33.6 Å². The lowest BCUT2D eigenvalue weighted by Gasteiger charge is -2.18. The first kappa shape index (κ1) is 18.8. The van der Waals surface area contributed by atoms with Crippen molar-refractivity contribution in [1.82, 2.24) is 25.2 Å². The van der Waals surface area contributed by atoms with Gasteiger partial charge in [0.1, 0.15) is 11.6 Å². The number of aromatic nitrogens is 3. The summed E-state index contributed by atoms with van der Waals surface area (Å²) in [4.78, 5) is 4.62. The number of aliphatic imine (C=N–C) groups is 1. The van der Waals surface area contributed by atoms with E-state index in [4.69, 9.17) is 0 Å². The fourth-order valence-electron chi connectivity index (χ4n) is 2.82. The van der Waals surface area contributed by atoms with Crippen LogP contribution >= 0.6 is 0 Å². The van der Waals surface area contributed by atoms with Gasteiger partial charge in [-0.2, -0.15) is 0 Å². The van der Waals surface area contributed by atoms with E-state index in [0.29, 0.717) is 24.5 Å². The van der Waals surface area contributed by atoms with Gasteiger partial charge in [0, 0.05) is 25.7 Å². The quantitative estimate of drug-likeness (QED) is 0.518. The van der Waals surface area contributed by atoms with Crippen molar-refractivity contribution in [3.8, 4) is 0 Å². The number of hydrogen-bond donors (Lipinski definition) is 2. The van der Waals surface area contributed by atoms with Gasteiger partial charge in [0.05, 0.1) is 6.04 Å². The predicted octanol–water partition coefficient (Wildman–Crippen LogP) is 3.04. The van der Waals surface area contributed by atoms with Gasteiger partial charge in [-0.15, -0.1) is 10.2 Å². The molecule has 2 heterocycles. The van der Waals surface area contributed by atoms with Gasteiger partial charge in [0.2, 0.25) is 0 Å². The Labute approximate surface area is 158 Å². The third kappa shape index (κ3) is 4.61. The van der Waals surface area contributed by atoms with E-state index in [1.807, 2.05) is 48.7 Å². The van der Waals surface area contributed by atoms with Gasteiger partial charge in [0.15, 0.2) is 11.6 Å². The Hall–Kier alpha value is -2.96. The number of halogens is 1. The number of fused-ring (bicyclic) bond motifs is 1. The molecule has 3 aromatic rings. The summed E-state index contributed by atoms with van der Waals surface area (Å²) in [6.45, 7) is 7.08. The minimum absolute atomic E-state index is 0.0631. The van der Waals surface area contributed by atoms with Gasteiger partial charge in [0.25, 0.3) is 0 Å². The van der Waals surface area contributed by atoms with E-state index in [0.717, 1.165) is 23.6 Å². The monoisotopic (exact) mass is 368 g/mol. The molecule has 6 nitrogen and oxygen atoms in total. The fraction of sp³-hybridized carbons (Fsp3) is 0.350. The van der Waals surface area contributed by atoms with Crippen LogP contribution < -0.4 is 10.6 Å². The molecule has 3 rings (SSSR count). The Kier molecular flexibility index (Phi) is 6.01. The molecule has 0 fully saturated rings. The molecule has 7 heteroatoms. The maximum absolute atomic E-state index is 13.8. The third-order valence-electron chi connectivity index (χ3n) is 4.38. The lowest BCUT2D eigenvalue weighted by molar-refractivity contribution is 0.607. The highest BCUT2D eigenvalue weighted by Crippen LogP contribution is 2.16. The lowest BCUT2D eigenvalue weighted by Crippen LogP contribution is -2.39. The van der Waals surface area contributed by atoms with E-state index in [1.165, 1.54) is 0 Å². The largest absolute Gasteiger partial charge is 0.357 e. The molecule has 1 atom stereocenters. The number of rotatable bonds is 6. The molecule has 0 spiro atoms. The van der Waals surface area contributed by atoms with Gasteiger partial charge in [-0.25, -0.2) is 4.39 Å². The number of nitrogens with zero attached hydrogens (tertiary/aromatic N) is 4. The van der Waals surface area contributed by atoms with Crippen molar-refractivity contribution in [2.24, 2.45) is 4.99 Å². The first-order valence-electron chi connectivity index (χ1n) is 9.18. The van der Waals surface area contributed by atoms with Crippen molar-refractivity contribution in [3.05, 3.63) is 65.4 Å². The van der Waals surface area contributed by atoms with E-state index < -0.39 is 0 Å². The first-order chi connectivity index (χ1) is 13.1. The average Bonchev–Trinajstić information content (AvgIpc) is 3.07. The van der Waals surface area contributed by atoms with Crippen molar-refractivity contribution in [2.75, 3.05) is 13.1 Å². The topological polar surface area (TPSA) is 66.6 Å². The Bertz CT molecular complexity index is 933. The zero-order chi connectivity index (χ0) is 19.2. The molecule has 2 aromatic heterocycles. The molecule has 0 aliphatic carbocycles. The Morgan fingerprint density at radius 3 is 2.89 bits per heavy atom. The molecule has 0 amide bonds. The minimum atomic E-state index is -0.193. The lowest BCUT2D eigenvalue weighted by atomic mass is 10.1. The molecule has 1 unspecified atom stereocenters. The van der Waals surface area contributed by atoms with E-state index >= 15 is 0 Å². The van der Waals surface area contributed by atoms with Crippen LogP contribution in [0, 0.1) is 12.7 Å². The summed E-state index contributed by atoms with van der Waals surface area (Å²) in [6.07, 6.45) is 2.63. The molecule has 0 aliphatic rings. The molecule has 1 aromatic carbocycles. The molecular weight excluding hydrogens is 343 g/mol. The smallest absolute Gasteiger partial charge is 0.191 e. The Balaban J connectivity index is 1.66. The second-order valence-electron chi connectivity index (χ2n) is 6.43. The minimum Gasteiger partial charge on any atom is -0.357 e. The summed E-state index contributed by atoms with van der Waals surface area (Å²) in [5.41, 5.74) is 2.36. The second kappa shape index (κ2) is 8.62. The van der Waals surface area contributed by atoms with Crippen LogP contribution in [0.4, 0.5) is 4.39 Å². The molecule has 0 aliphatic heterocycles. The molecule has 0 saturated carbocycles. The van der Waals surface area contributed by atoms with Crippen molar-refractivity contribution in [1.29, 1.82) is 0 Å². The van der Waals surface area contributed by atoms with Crippen LogP contribution in [-0.2, 0) is 6.42 Å². The zero-order valence-corrected chi connectivity index (χ0v) is 15.9. The Morgan fingerprint density at radius 1 is 1.26 bits per heavy atom. The Morgan fingerprint density at radius 2 is 2.11 bits per heavy atom. The normalized spacial score (nSPS) is 13.0. The van der Waals surface area contributed by atoms with E-state index in [-0.39, 0.29) is 11.9 Å². The van der Waals surface area contributed by atoms with Crippen molar-refractivity contribution < 1.29 is 4.39 Å². The highest BCUT2D eigenvalue weighted by molar-refractivity contribution is 5.80. The summed E-state index contributed by atoms with van der Waals surface area (Å²) in [6, 6.07) is 11.1. The number of aryl methyl sites for hydroxylation is 1. The number of benzene rings is 1. The van der Waals surface area contributed by atoms with E-state index in [9.17, 15) is 4.39 Å². The second-order valence-corrected chi connectivity index (χ2v) is 6.43. The van der Waals surface area contributed by atoms with Crippen LogP contribution in [0.5, 0.6) is 0 Å². The van der Waals surface area contributed by atoms with Crippen LogP contribution in [0.25, 0.3) is 5.65 Å². The first-order valence-corrected chi connectivity index (χ1v) is 9.18. The summed E-state index contributed by atoms with van der Waals surface area (Å²) in [5, 5.41) is 14.9. The summed E-state index contributed by atoms with van der Waals surface area (Å²) >= 11 is 0. The molecular formula is C20H25FN6. The molecule has 0 radical (unpaired) electrons. The summed E-state index contributed by atoms with van der Waals surface area (Å²) in [7, 11) is 0. The predicted molar refractivity (Wildman–Crippen MR) is 105 cm³/mol. The maximum Gasteiger partial charge on any atom is 0.191 e. The molecule has 0 bridgehead atoms. The molecule has 142 valence electrons. The zero-order valence-electron chi connectivity index (χ0n) is 15.9. The van der Waals surface area contributed by atoms with Crippen LogP contribution in [0.1, 0.15) is 36.8 Å². The highest BCUT2D eigenvalue weighted by atomic mass is 19.1. The summed E-state index contributed by atoms with van der Waals surface area (Å²) < 4.78 is 15.8.